The first-order valence-corrected chi connectivity index (χ1v) is 8.74. The minimum absolute atomic E-state index is 0.658. The molecular formula is C25H17NO. The van der Waals surface area contributed by atoms with Crippen LogP contribution in [0.1, 0.15) is 21.5 Å². The Hall–Kier alpha value is -3.83. The van der Waals surface area contributed by atoms with Crippen molar-refractivity contribution in [3.8, 4) is 11.8 Å². The number of nitrogens with zero attached hydrogens (tertiary/aromatic N) is 1. The lowest BCUT2D eigenvalue weighted by Crippen LogP contribution is -1.93. The third kappa shape index (κ3) is 3.58. The smallest absolute Gasteiger partial charge is 0.152 e. The third-order valence-corrected chi connectivity index (χ3v) is 4.34. The predicted octanol–water partition coefficient (Wildman–Crippen LogP) is 5.50. The van der Waals surface area contributed by atoms with E-state index in [9.17, 15) is 4.79 Å². The minimum atomic E-state index is 0.658. The van der Waals surface area contributed by atoms with E-state index >= 15 is 0 Å². The van der Waals surface area contributed by atoms with Crippen LogP contribution in [0.3, 0.4) is 0 Å². The molecule has 2 nitrogen and oxygen atoms in total. The number of carbonyl (C=O) groups is 1. The summed E-state index contributed by atoms with van der Waals surface area (Å²) in [6.45, 7) is 0. The van der Waals surface area contributed by atoms with Crippen molar-refractivity contribution >= 4 is 29.0 Å². The molecular weight excluding hydrogens is 330 g/mol. The van der Waals surface area contributed by atoms with E-state index in [1.165, 1.54) is 0 Å². The topological polar surface area (TPSA) is 22.0 Å². The van der Waals surface area contributed by atoms with E-state index < -0.39 is 0 Å². The zero-order valence-corrected chi connectivity index (χ0v) is 14.7. The summed E-state index contributed by atoms with van der Waals surface area (Å²) in [5, 5.41) is 0.924. The summed E-state index contributed by atoms with van der Waals surface area (Å²) in [6, 6.07) is 27.8. The average molecular weight is 347 g/mol. The number of hydrogen-bond donors (Lipinski definition) is 0. The van der Waals surface area contributed by atoms with Crippen LogP contribution in [0, 0.1) is 11.8 Å². The Bertz CT molecular complexity index is 1170. The van der Waals surface area contributed by atoms with Gasteiger partial charge in [-0.2, -0.15) is 0 Å². The summed E-state index contributed by atoms with van der Waals surface area (Å²) < 4.78 is 1.99. The molecule has 0 atom stereocenters. The van der Waals surface area contributed by atoms with Gasteiger partial charge in [-0.3, -0.25) is 4.79 Å². The monoisotopic (exact) mass is 347 g/mol. The Balaban J connectivity index is 1.90. The SMILES string of the molecule is O=Cc1cn(/C(C#Cc2ccccc2)=C\c2ccccc2)c2ccccc12. The molecule has 0 spiro atoms. The van der Waals surface area contributed by atoms with Gasteiger partial charge in [0.05, 0.1) is 11.2 Å². The second-order valence-electron chi connectivity index (χ2n) is 6.15. The lowest BCUT2D eigenvalue weighted by Gasteiger charge is -2.05. The summed E-state index contributed by atoms with van der Waals surface area (Å²) in [5.74, 6) is 6.52. The number of benzene rings is 3. The van der Waals surface area contributed by atoms with Crippen LogP contribution in [0.4, 0.5) is 0 Å². The molecule has 0 unspecified atom stereocenters. The van der Waals surface area contributed by atoms with Gasteiger partial charge in [0.15, 0.2) is 6.29 Å². The molecule has 0 bridgehead atoms. The first-order chi connectivity index (χ1) is 13.3. The zero-order valence-electron chi connectivity index (χ0n) is 14.7. The van der Waals surface area contributed by atoms with Gasteiger partial charge in [0, 0.05) is 22.7 Å². The lowest BCUT2D eigenvalue weighted by molar-refractivity contribution is 0.112. The van der Waals surface area contributed by atoms with Crippen molar-refractivity contribution in [2.45, 2.75) is 0 Å². The quantitative estimate of drug-likeness (QED) is 0.354. The molecule has 0 fully saturated rings. The van der Waals surface area contributed by atoms with Gasteiger partial charge < -0.3 is 4.57 Å². The molecule has 0 aliphatic rings. The number of hydrogen-bond acceptors (Lipinski definition) is 1. The van der Waals surface area contributed by atoms with Gasteiger partial charge >= 0.3 is 0 Å². The molecule has 0 aliphatic carbocycles. The minimum Gasteiger partial charge on any atom is -0.309 e. The number of rotatable bonds is 3. The Morgan fingerprint density at radius 1 is 0.815 bits per heavy atom. The predicted molar refractivity (Wildman–Crippen MR) is 111 cm³/mol. The fourth-order valence-corrected chi connectivity index (χ4v) is 3.03. The molecule has 0 radical (unpaired) electrons. The van der Waals surface area contributed by atoms with Crippen LogP contribution in [0.15, 0.2) is 91.1 Å². The molecule has 3 aromatic carbocycles. The number of allylic oxidation sites excluding steroid dienone is 1. The van der Waals surface area contributed by atoms with E-state index in [0.29, 0.717) is 5.56 Å². The summed E-state index contributed by atoms with van der Waals surface area (Å²) >= 11 is 0. The highest BCUT2D eigenvalue weighted by atomic mass is 16.1. The Morgan fingerprint density at radius 3 is 2.22 bits per heavy atom. The highest BCUT2D eigenvalue weighted by Gasteiger charge is 2.09. The second-order valence-corrected chi connectivity index (χ2v) is 6.15. The summed E-state index contributed by atoms with van der Waals surface area (Å²) in [6.07, 6.45) is 4.78. The van der Waals surface area contributed by atoms with E-state index in [1.54, 1.807) is 0 Å². The number of fused-ring (bicyclic) bond motifs is 1. The van der Waals surface area contributed by atoms with Crippen LogP contribution in [0.25, 0.3) is 22.7 Å². The molecule has 2 heteroatoms. The molecule has 0 aliphatic heterocycles. The maximum absolute atomic E-state index is 11.5. The van der Waals surface area contributed by atoms with Gasteiger partial charge in [0.2, 0.25) is 0 Å². The van der Waals surface area contributed by atoms with Crippen molar-refractivity contribution in [2.24, 2.45) is 0 Å². The van der Waals surface area contributed by atoms with Crippen molar-refractivity contribution in [2.75, 3.05) is 0 Å². The second kappa shape index (κ2) is 7.59. The van der Waals surface area contributed by atoms with Crippen molar-refractivity contribution in [1.29, 1.82) is 0 Å². The van der Waals surface area contributed by atoms with Crippen LogP contribution >= 0.6 is 0 Å². The first kappa shape index (κ1) is 16.6. The van der Waals surface area contributed by atoms with Crippen LogP contribution in [0.5, 0.6) is 0 Å². The Morgan fingerprint density at radius 2 is 1.48 bits per heavy atom. The first-order valence-electron chi connectivity index (χ1n) is 8.74. The van der Waals surface area contributed by atoms with Gasteiger partial charge in [-0.1, -0.05) is 72.7 Å². The van der Waals surface area contributed by atoms with Gasteiger partial charge in [0.1, 0.15) is 0 Å². The van der Waals surface area contributed by atoms with Crippen molar-refractivity contribution < 1.29 is 4.79 Å². The van der Waals surface area contributed by atoms with E-state index in [0.717, 1.165) is 34.0 Å². The third-order valence-electron chi connectivity index (χ3n) is 4.34. The highest BCUT2D eigenvalue weighted by molar-refractivity contribution is 6.01. The molecule has 0 N–H and O–H groups in total. The van der Waals surface area contributed by atoms with Gasteiger partial charge in [-0.05, 0) is 35.8 Å². The lowest BCUT2D eigenvalue weighted by atomic mass is 10.1. The fourth-order valence-electron chi connectivity index (χ4n) is 3.03. The summed E-state index contributed by atoms with van der Waals surface area (Å²) in [7, 11) is 0. The number of aldehydes is 1. The number of aromatic nitrogens is 1. The van der Waals surface area contributed by atoms with E-state index in [4.69, 9.17) is 0 Å². The number of carbonyl (C=O) groups excluding carboxylic acids is 1. The van der Waals surface area contributed by atoms with E-state index in [2.05, 4.69) is 11.8 Å². The Kier molecular flexibility index (Phi) is 4.68. The molecule has 0 amide bonds. The molecule has 0 saturated heterocycles. The Labute approximate surface area is 158 Å². The van der Waals surface area contributed by atoms with Crippen LogP contribution in [0.2, 0.25) is 0 Å². The fraction of sp³-hybridized carbons (Fsp3) is 0. The van der Waals surface area contributed by atoms with E-state index in [1.807, 2.05) is 102 Å². The molecule has 1 heterocycles. The maximum atomic E-state index is 11.5. The normalized spacial score (nSPS) is 11.0. The molecule has 128 valence electrons. The number of para-hydroxylation sites is 1. The van der Waals surface area contributed by atoms with Crippen LogP contribution < -0.4 is 0 Å². The van der Waals surface area contributed by atoms with Gasteiger partial charge in [-0.15, -0.1) is 0 Å². The summed E-state index contributed by atoms with van der Waals surface area (Å²) in [5.41, 5.74) is 4.44. The zero-order chi connectivity index (χ0) is 18.5. The van der Waals surface area contributed by atoms with Gasteiger partial charge in [-0.25, -0.2) is 0 Å². The summed E-state index contributed by atoms with van der Waals surface area (Å²) in [4.78, 5) is 11.5. The molecule has 4 rings (SSSR count). The van der Waals surface area contributed by atoms with Crippen molar-refractivity contribution in [1.82, 2.24) is 4.57 Å². The highest BCUT2D eigenvalue weighted by Crippen LogP contribution is 2.24. The maximum Gasteiger partial charge on any atom is 0.152 e. The van der Waals surface area contributed by atoms with Crippen LogP contribution in [-0.2, 0) is 0 Å². The molecule has 1 aromatic heterocycles. The van der Waals surface area contributed by atoms with Crippen LogP contribution in [-0.4, -0.2) is 10.9 Å². The standard InChI is InChI=1S/C25H17NO/c27-19-22-18-26(25-14-8-7-13-24(22)25)23(17-21-11-5-2-6-12-21)16-15-20-9-3-1-4-10-20/h1-14,17-19H/b23-17-. The van der Waals surface area contributed by atoms with Crippen molar-refractivity contribution in [3.63, 3.8) is 0 Å². The molecule has 4 aromatic rings. The molecule has 0 saturated carbocycles. The van der Waals surface area contributed by atoms with E-state index in [-0.39, 0.29) is 0 Å². The van der Waals surface area contributed by atoms with Gasteiger partial charge in [0.25, 0.3) is 0 Å². The average Bonchev–Trinajstić information content (AvgIpc) is 3.11. The largest absolute Gasteiger partial charge is 0.309 e. The van der Waals surface area contributed by atoms with Crippen molar-refractivity contribution in [3.05, 3.63) is 108 Å². The molecule has 27 heavy (non-hydrogen) atoms.